The average molecular weight is 356 g/mol. The van der Waals surface area contributed by atoms with E-state index in [4.69, 9.17) is 9.15 Å². The van der Waals surface area contributed by atoms with Crippen LogP contribution in [0.2, 0.25) is 0 Å². The van der Waals surface area contributed by atoms with Crippen LogP contribution >= 0.6 is 0 Å². The molecule has 1 saturated heterocycles. The standard InChI is InChI=1S/C20H24N2O4/c1-13-8-5-6-9-17(13)25-11-7-10-22-18(23)20(4,21-19(22)24)16-12-14(2)26-15(16)3/h5-6,8-9,12H,7,10-11H2,1-4H3,(H,21,24). The maximum Gasteiger partial charge on any atom is 0.325 e. The summed E-state index contributed by atoms with van der Waals surface area (Å²) in [5.74, 6) is 1.91. The highest BCUT2D eigenvalue weighted by Gasteiger charge is 2.50. The first-order chi connectivity index (χ1) is 12.3. The molecule has 1 unspecified atom stereocenters. The van der Waals surface area contributed by atoms with Crippen molar-refractivity contribution in [2.75, 3.05) is 13.2 Å². The largest absolute Gasteiger partial charge is 0.493 e. The predicted molar refractivity (Wildman–Crippen MR) is 97.1 cm³/mol. The Morgan fingerprint density at radius 2 is 1.92 bits per heavy atom. The number of rotatable bonds is 6. The zero-order valence-corrected chi connectivity index (χ0v) is 15.6. The summed E-state index contributed by atoms with van der Waals surface area (Å²) in [7, 11) is 0. The summed E-state index contributed by atoms with van der Waals surface area (Å²) in [6.45, 7) is 8.06. The number of benzene rings is 1. The van der Waals surface area contributed by atoms with Gasteiger partial charge in [-0.15, -0.1) is 0 Å². The molecule has 0 bridgehead atoms. The summed E-state index contributed by atoms with van der Waals surface area (Å²) >= 11 is 0. The van der Waals surface area contributed by atoms with Gasteiger partial charge < -0.3 is 14.5 Å². The molecule has 0 spiro atoms. The Morgan fingerprint density at radius 3 is 2.58 bits per heavy atom. The zero-order chi connectivity index (χ0) is 18.9. The van der Waals surface area contributed by atoms with Crippen LogP contribution in [0.25, 0.3) is 0 Å². The molecule has 1 N–H and O–H groups in total. The molecule has 138 valence electrons. The van der Waals surface area contributed by atoms with E-state index in [1.54, 1.807) is 19.9 Å². The SMILES string of the molecule is Cc1cc(C2(C)NC(=O)N(CCCOc3ccccc3C)C2=O)c(C)o1. The van der Waals surface area contributed by atoms with Crippen LogP contribution in [0.1, 0.15) is 36.0 Å². The molecular formula is C20H24N2O4. The summed E-state index contributed by atoms with van der Waals surface area (Å²) in [4.78, 5) is 26.5. The van der Waals surface area contributed by atoms with Gasteiger partial charge in [-0.25, -0.2) is 4.79 Å². The van der Waals surface area contributed by atoms with Crippen LogP contribution in [-0.2, 0) is 10.3 Å². The molecule has 1 atom stereocenters. The van der Waals surface area contributed by atoms with E-state index in [9.17, 15) is 9.59 Å². The Hall–Kier alpha value is -2.76. The molecule has 1 aliphatic rings. The van der Waals surface area contributed by atoms with Gasteiger partial charge in [0.05, 0.1) is 6.61 Å². The molecule has 3 amide bonds. The van der Waals surface area contributed by atoms with Crippen LogP contribution in [0.5, 0.6) is 5.75 Å². The summed E-state index contributed by atoms with van der Waals surface area (Å²) in [5, 5.41) is 2.80. The summed E-state index contributed by atoms with van der Waals surface area (Å²) in [6, 6.07) is 9.18. The van der Waals surface area contributed by atoms with Crippen LogP contribution in [0, 0.1) is 20.8 Å². The molecule has 0 saturated carbocycles. The van der Waals surface area contributed by atoms with E-state index in [1.165, 1.54) is 4.90 Å². The fourth-order valence-electron chi connectivity index (χ4n) is 3.33. The Kier molecular flexibility index (Phi) is 4.76. The molecule has 2 aromatic rings. The second-order valence-electron chi connectivity index (χ2n) is 6.81. The number of imide groups is 1. The van der Waals surface area contributed by atoms with Crippen molar-refractivity contribution in [3.8, 4) is 5.75 Å². The molecular weight excluding hydrogens is 332 g/mol. The van der Waals surface area contributed by atoms with E-state index in [0.29, 0.717) is 36.7 Å². The highest BCUT2D eigenvalue weighted by atomic mass is 16.5. The molecule has 2 heterocycles. The summed E-state index contributed by atoms with van der Waals surface area (Å²) < 4.78 is 11.3. The van der Waals surface area contributed by atoms with E-state index < -0.39 is 5.54 Å². The number of urea groups is 1. The molecule has 6 nitrogen and oxygen atoms in total. The highest BCUT2D eigenvalue weighted by Crippen LogP contribution is 2.32. The van der Waals surface area contributed by atoms with Crippen LogP contribution < -0.4 is 10.1 Å². The van der Waals surface area contributed by atoms with Crippen LogP contribution in [0.3, 0.4) is 0 Å². The number of nitrogens with one attached hydrogen (secondary N) is 1. The third kappa shape index (κ3) is 3.19. The highest BCUT2D eigenvalue weighted by molar-refractivity contribution is 6.07. The third-order valence-electron chi connectivity index (χ3n) is 4.73. The molecule has 1 fully saturated rings. The molecule has 1 aromatic heterocycles. The fraction of sp³-hybridized carbons (Fsp3) is 0.400. The van der Waals surface area contributed by atoms with Crippen LogP contribution in [-0.4, -0.2) is 30.0 Å². The Balaban J connectivity index is 1.63. The summed E-state index contributed by atoms with van der Waals surface area (Å²) in [6.07, 6.45) is 0.562. The minimum absolute atomic E-state index is 0.262. The maximum atomic E-state index is 12.9. The Bertz CT molecular complexity index is 842. The van der Waals surface area contributed by atoms with Gasteiger partial charge in [0, 0.05) is 12.1 Å². The zero-order valence-electron chi connectivity index (χ0n) is 15.6. The lowest BCUT2D eigenvalue weighted by molar-refractivity contribution is -0.131. The molecule has 1 aromatic carbocycles. The lowest BCUT2D eigenvalue weighted by atomic mass is 9.92. The summed E-state index contributed by atoms with van der Waals surface area (Å²) in [5.41, 5.74) is 0.670. The van der Waals surface area contributed by atoms with Crippen molar-refractivity contribution in [1.29, 1.82) is 0 Å². The minimum Gasteiger partial charge on any atom is -0.493 e. The number of carbonyl (C=O) groups excluding carboxylic acids is 2. The van der Waals surface area contributed by atoms with Gasteiger partial charge in [-0.3, -0.25) is 9.69 Å². The molecule has 3 rings (SSSR count). The van der Waals surface area contributed by atoms with Gasteiger partial charge in [0.1, 0.15) is 22.8 Å². The third-order valence-corrected chi connectivity index (χ3v) is 4.73. The van der Waals surface area contributed by atoms with E-state index in [1.807, 2.05) is 38.1 Å². The van der Waals surface area contributed by atoms with Crippen molar-refractivity contribution in [1.82, 2.24) is 10.2 Å². The van der Waals surface area contributed by atoms with Crippen molar-refractivity contribution >= 4 is 11.9 Å². The van der Waals surface area contributed by atoms with Crippen molar-refractivity contribution in [2.24, 2.45) is 0 Å². The first-order valence-corrected chi connectivity index (χ1v) is 8.73. The Morgan fingerprint density at radius 1 is 1.19 bits per heavy atom. The number of ether oxygens (including phenoxy) is 1. The predicted octanol–water partition coefficient (Wildman–Crippen LogP) is 3.44. The Labute approximate surface area is 153 Å². The second-order valence-corrected chi connectivity index (χ2v) is 6.81. The van der Waals surface area contributed by atoms with E-state index in [0.717, 1.165) is 11.3 Å². The van der Waals surface area contributed by atoms with Gasteiger partial charge >= 0.3 is 6.03 Å². The molecule has 26 heavy (non-hydrogen) atoms. The first kappa shape index (κ1) is 18.0. The molecule has 0 aliphatic carbocycles. The number of aryl methyl sites for hydroxylation is 3. The monoisotopic (exact) mass is 356 g/mol. The second kappa shape index (κ2) is 6.86. The van der Waals surface area contributed by atoms with Crippen LogP contribution in [0.15, 0.2) is 34.7 Å². The van der Waals surface area contributed by atoms with Crippen molar-refractivity contribution in [3.05, 3.63) is 53.0 Å². The number of para-hydroxylation sites is 1. The first-order valence-electron chi connectivity index (χ1n) is 8.73. The van der Waals surface area contributed by atoms with E-state index >= 15 is 0 Å². The van der Waals surface area contributed by atoms with Gasteiger partial charge in [-0.1, -0.05) is 18.2 Å². The van der Waals surface area contributed by atoms with Crippen LogP contribution in [0.4, 0.5) is 4.79 Å². The fourth-order valence-corrected chi connectivity index (χ4v) is 3.33. The average Bonchev–Trinajstić information content (AvgIpc) is 3.04. The molecule has 6 heteroatoms. The van der Waals surface area contributed by atoms with E-state index in [-0.39, 0.29) is 11.9 Å². The van der Waals surface area contributed by atoms with Gasteiger partial charge in [-0.2, -0.15) is 0 Å². The lowest BCUT2D eigenvalue weighted by Gasteiger charge is -2.21. The number of carbonyl (C=O) groups is 2. The van der Waals surface area contributed by atoms with Gasteiger partial charge in [0.15, 0.2) is 0 Å². The molecule has 0 radical (unpaired) electrons. The number of nitrogens with zero attached hydrogens (tertiary/aromatic N) is 1. The topological polar surface area (TPSA) is 71.8 Å². The number of furan rings is 1. The lowest BCUT2D eigenvalue weighted by Crippen LogP contribution is -2.41. The van der Waals surface area contributed by atoms with Crippen molar-refractivity contribution in [2.45, 2.75) is 39.7 Å². The van der Waals surface area contributed by atoms with Gasteiger partial charge in [0.2, 0.25) is 0 Å². The quantitative estimate of drug-likeness (QED) is 0.636. The number of amides is 3. The maximum absolute atomic E-state index is 12.9. The van der Waals surface area contributed by atoms with Crippen molar-refractivity contribution < 1.29 is 18.7 Å². The molecule has 1 aliphatic heterocycles. The number of hydrogen-bond acceptors (Lipinski definition) is 4. The van der Waals surface area contributed by atoms with E-state index in [2.05, 4.69) is 5.32 Å². The smallest absolute Gasteiger partial charge is 0.325 e. The van der Waals surface area contributed by atoms with Crippen molar-refractivity contribution in [3.63, 3.8) is 0 Å². The van der Waals surface area contributed by atoms with Gasteiger partial charge in [0.25, 0.3) is 5.91 Å². The minimum atomic E-state index is -1.09. The van der Waals surface area contributed by atoms with Gasteiger partial charge in [-0.05, 0) is 51.8 Å². The normalized spacial score (nSPS) is 19.8. The number of hydrogen-bond donors (Lipinski definition) is 1.